The first-order valence-electron chi connectivity index (χ1n) is 8.53. The lowest BCUT2D eigenvalue weighted by Crippen LogP contribution is -2.09. The van der Waals surface area contributed by atoms with Crippen LogP contribution in [0.4, 0.5) is 0 Å². The van der Waals surface area contributed by atoms with E-state index in [2.05, 4.69) is 13.8 Å². The summed E-state index contributed by atoms with van der Waals surface area (Å²) in [4.78, 5) is 12.6. The van der Waals surface area contributed by atoms with Gasteiger partial charge in [0.1, 0.15) is 17.7 Å². The van der Waals surface area contributed by atoms with Crippen LogP contribution in [0.15, 0.2) is 48.0 Å². The topological polar surface area (TPSA) is 73.9 Å². The Morgan fingerprint density at radius 2 is 1.65 bits per heavy atom. The average molecular weight is 342 g/mol. The molecule has 0 radical (unpaired) electrons. The molecular weight excluding hydrogens is 324 g/mol. The maximum atomic E-state index is 12.6. The van der Waals surface area contributed by atoms with Gasteiger partial charge in [-0.25, -0.2) is 4.79 Å². The number of fused-ring (bicyclic) bond motifs is 3. The van der Waals surface area contributed by atoms with Crippen molar-refractivity contribution in [2.24, 2.45) is 5.92 Å². The number of benzene rings is 2. The Balaban J connectivity index is 2.14. The van der Waals surface area contributed by atoms with Crippen molar-refractivity contribution < 1.29 is 9.53 Å². The maximum absolute atomic E-state index is 12.6. The second-order valence-electron chi connectivity index (χ2n) is 6.57. The van der Waals surface area contributed by atoms with Crippen LogP contribution in [0.3, 0.4) is 0 Å². The van der Waals surface area contributed by atoms with E-state index >= 15 is 0 Å². The Morgan fingerprint density at radius 1 is 1.00 bits per heavy atom. The van der Waals surface area contributed by atoms with Crippen LogP contribution >= 0.6 is 0 Å². The van der Waals surface area contributed by atoms with E-state index in [9.17, 15) is 15.3 Å². The molecule has 26 heavy (non-hydrogen) atoms. The van der Waals surface area contributed by atoms with Crippen LogP contribution in [0.2, 0.25) is 0 Å². The molecule has 0 aromatic heterocycles. The largest absolute Gasteiger partial charge is 0.462 e. The fraction of sp³-hybridized carbons (Fsp3) is 0.227. The smallest absolute Gasteiger partial charge is 0.338 e. The van der Waals surface area contributed by atoms with Gasteiger partial charge in [-0.3, -0.25) is 0 Å². The highest BCUT2D eigenvalue weighted by molar-refractivity contribution is 6.10. The monoisotopic (exact) mass is 342 g/mol. The molecule has 0 saturated carbocycles. The SMILES string of the molecule is CC(C)CCOC(=O)c1cccc2c1-c1ccccc1C2=C(C#N)C#N. The molecule has 4 nitrogen and oxygen atoms in total. The Bertz CT molecular complexity index is 972. The van der Waals surface area contributed by atoms with Crippen LogP contribution in [-0.4, -0.2) is 12.6 Å². The molecule has 0 heterocycles. The molecule has 128 valence electrons. The van der Waals surface area contributed by atoms with E-state index in [0.29, 0.717) is 23.7 Å². The molecular formula is C22H18N2O2. The van der Waals surface area contributed by atoms with E-state index < -0.39 is 0 Å². The second-order valence-corrected chi connectivity index (χ2v) is 6.57. The first-order valence-corrected chi connectivity index (χ1v) is 8.53. The molecule has 1 aliphatic rings. The quantitative estimate of drug-likeness (QED) is 0.508. The second kappa shape index (κ2) is 7.25. The van der Waals surface area contributed by atoms with Gasteiger partial charge in [0.2, 0.25) is 0 Å². The van der Waals surface area contributed by atoms with Crippen molar-refractivity contribution in [3.63, 3.8) is 0 Å². The van der Waals surface area contributed by atoms with E-state index in [1.807, 2.05) is 42.5 Å². The molecule has 4 heteroatoms. The molecule has 0 spiro atoms. The van der Waals surface area contributed by atoms with Crippen LogP contribution in [0, 0.1) is 28.6 Å². The minimum atomic E-state index is -0.381. The van der Waals surface area contributed by atoms with Gasteiger partial charge >= 0.3 is 5.97 Å². The Hall–Kier alpha value is -3.37. The molecule has 0 aliphatic heterocycles. The molecule has 0 atom stereocenters. The number of allylic oxidation sites excluding steroid dienone is 1. The highest BCUT2D eigenvalue weighted by Crippen LogP contribution is 2.47. The van der Waals surface area contributed by atoms with Crippen LogP contribution in [0.5, 0.6) is 0 Å². The number of carbonyl (C=O) groups is 1. The predicted molar refractivity (Wildman–Crippen MR) is 98.9 cm³/mol. The predicted octanol–water partition coefficient (Wildman–Crippen LogP) is 4.72. The minimum Gasteiger partial charge on any atom is -0.462 e. The zero-order chi connectivity index (χ0) is 18.7. The van der Waals surface area contributed by atoms with Crippen LogP contribution in [0.25, 0.3) is 16.7 Å². The fourth-order valence-corrected chi connectivity index (χ4v) is 3.16. The van der Waals surface area contributed by atoms with Crippen molar-refractivity contribution in [3.05, 3.63) is 64.7 Å². The number of rotatable bonds is 4. The van der Waals surface area contributed by atoms with Gasteiger partial charge < -0.3 is 4.74 Å². The summed E-state index contributed by atoms with van der Waals surface area (Å²) in [5.74, 6) is 0.0717. The summed E-state index contributed by atoms with van der Waals surface area (Å²) < 4.78 is 5.44. The number of hydrogen-bond donors (Lipinski definition) is 0. The summed E-state index contributed by atoms with van der Waals surface area (Å²) in [6.45, 7) is 4.52. The summed E-state index contributed by atoms with van der Waals surface area (Å²) >= 11 is 0. The number of nitrogens with zero attached hydrogens (tertiary/aromatic N) is 2. The van der Waals surface area contributed by atoms with Crippen molar-refractivity contribution >= 4 is 11.5 Å². The molecule has 0 bridgehead atoms. The molecule has 0 saturated heterocycles. The summed E-state index contributed by atoms with van der Waals surface area (Å²) in [7, 11) is 0. The van der Waals surface area contributed by atoms with Crippen LogP contribution < -0.4 is 0 Å². The van der Waals surface area contributed by atoms with Gasteiger partial charge in [-0.1, -0.05) is 50.2 Å². The third-order valence-electron chi connectivity index (χ3n) is 4.42. The third-order valence-corrected chi connectivity index (χ3v) is 4.42. The number of carbonyl (C=O) groups excluding carboxylic acids is 1. The lowest BCUT2D eigenvalue weighted by Gasteiger charge is -2.10. The first kappa shape index (κ1) is 17.5. The fourth-order valence-electron chi connectivity index (χ4n) is 3.16. The molecule has 3 rings (SSSR count). The Labute approximate surface area is 153 Å². The van der Waals surface area contributed by atoms with Crippen LogP contribution in [-0.2, 0) is 4.74 Å². The van der Waals surface area contributed by atoms with Crippen molar-refractivity contribution in [2.75, 3.05) is 6.61 Å². The van der Waals surface area contributed by atoms with E-state index in [-0.39, 0.29) is 11.5 Å². The molecule has 0 fully saturated rings. The van der Waals surface area contributed by atoms with E-state index in [1.165, 1.54) is 0 Å². The summed E-state index contributed by atoms with van der Waals surface area (Å²) in [5, 5.41) is 18.7. The normalized spacial score (nSPS) is 11.3. The summed E-state index contributed by atoms with van der Waals surface area (Å²) in [5.41, 5.74) is 4.18. The van der Waals surface area contributed by atoms with Gasteiger partial charge in [0.15, 0.2) is 0 Å². The van der Waals surface area contributed by atoms with E-state index in [4.69, 9.17) is 4.74 Å². The molecule has 0 unspecified atom stereocenters. The lowest BCUT2D eigenvalue weighted by atomic mass is 9.97. The van der Waals surface area contributed by atoms with E-state index in [1.54, 1.807) is 12.1 Å². The molecule has 1 aliphatic carbocycles. The molecule has 2 aromatic carbocycles. The van der Waals surface area contributed by atoms with Gasteiger partial charge in [0.25, 0.3) is 0 Å². The summed E-state index contributed by atoms with van der Waals surface area (Å²) in [6.07, 6.45) is 0.801. The zero-order valence-electron chi connectivity index (χ0n) is 14.7. The van der Waals surface area contributed by atoms with E-state index in [0.717, 1.165) is 28.7 Å². The Kier molecular flexibility index (Phi) is 4.87. The number of nitriles is 2. The Morgan fingerprint density at radius 3 is 2.31 bits per heavy atom. The molecule has 2 aromatic rings. The highest BCUT2D eigenvalue weighted by Gasteiger charge is 2.30. The summed E-state index contributed by atoms with van der Waals surface area (Å²) in [6, 6.07) is 16.8. The highest BCUT2D eigenvalue weighted by atomic mass is 16.5. The molecule has 0 N–H and O–H groups in total. The van der Waals surface area contributed by atoms with Crippen LogP contribution in [0.1, 0.15) is 41.8 Å². The van der Waals surface area contributed by atoms with Crippen molar-refractivity contribution in [1.82, 2.24) is 0 Å². The zero-order valence-corrected chi connectivity index (χ0v) is 14.7. The van der Waals surface area contributed by atoms with Gasteiger partial charge in [-0.05, 0) is 35.1 Å². The van der Waals surface area contributed by atoms with Gasteiger partial charge in [0, 0.05) is 11.1 Å². The average Bonchev–Trinajstić information content (AvgIpc) is 2.97. The standard InChI is InChI=1S/C22H18N2O2/c1-14(2)10-11-26-22(25)19-9-5-8-18-20(15(12-23)13-24)16-6-3-4-7-17(16)21(18)19/h3-9,14H,10-11H2,1-2H3. The van der Waals surface area contributed by atoms with Crippen molar-refractivity contribution in [2.45, 2.75) is 20.3 Å². The van der Waals surface area contributed by atoms with Gasteiger partial charge in [-0.15, -0.1) is 0 Å². The lowest BCUT2D eigenvalue weighted by molar-refractivity contribution is 0.0489. The number of hydrogen-bond acceptors (Lipinski definition) is 4. The third kappa shape index (κ3) is 2.98. The molecule has 0 amide bonds. The minimum absolute atomic E-state index is 0.0431. The van der Waals surface area contributed by atoms with Crippen molar-refractivity contribution in [3.8, 4) is 23.3 Å². The number of ether oxygens (including phenoxy) is 1. The number of esters is 1. The van der Waals surface area contributed by atoms with Crippen molar-refractivity contribution in [1.29, 1.82) is 10.5 Å². The van der Waals surface area contributed by atoms with Gasteiger partial charge in [-0.2, -0.15) is 10.5 Å². The first-order chi connectivity index (χ1) is 12.6. The maximum Gasteiger partial charge on any atom is 0.338 e. The van der Waals surface area contributed by atoms with Gasteiger partial charge in [0.05, 0.1) is 12.2 Å².